The number of primary amides is 1. The number of carbonyl (C=O) groups excluding carboxylic acids is 1. The van der Waals surface area contributed by atoms with Crippen LogP contribution in [0.1, 0.15) is 36.5 Å². The largest absolute Gasteiger partial charge is 0.369 e. The number of nitrogens with zero attached hydrogens (tertiary/aromatic N) is 2. The first-order valence-electron chi connectivity index (χ1n) is 9.59. The number of aliphatic imine (C=N–C) groups is 1. The third-order valence-corrected chi connectivity index (χ3v) is 4.60. The number of rotatable bonds is 7. The first kappa shape index (κ1) is 23.7. The zero-order valence-corrected chi connectivity index (χ0v) is 19.1. The van der Waals surface area contributed by atoms with Crippen LogP contribution < -0.4 is 16.4 Å². The van der Waals surface area contributed by atoms with E-state index in [1.807, 2.05) is 0 Å². The first-order valence-corrected chi connectivity index (χ1v) is 9.59. The number of halogens is 1. The van der Waals surface area contributed by atoms with E-state index in [0.29, 0.717) is 12.6 Å². The third-order valence-electron chi connectivity index (χ3n) is 4.60. The van der Waals surface area contributed by atoms with Gasteiger partial charge in [0.25, 0.3) is 0 Å². The van der Waals surface area contributed by atoms with Gasteiger partial charge >= 0.3 is 0 Å². The minimum absolute atomic E-state index is 0. The van der Waals surface area contributed by atoms with E-state index in [9.17, 15) is 4.79 Å². The zero-order chi connectivity index (χ0) is 18.9. The van der Waals surface area contributed by atoms with Crippen LogP contribution in [0, 0.1) is 13.8 Å². The lowest BCUT2D eigenvalue weighted by Crippen LogP contribution is -2.49. The van der Waals surface area contributed by atoms with Gasteiger partial charge in [-0.05, 0) is 45.6 Å². The third kappa shape index (κ3) is 8.92. The van der Waals surface area contributed by atoms with Crippen LogP contribution in [-0.2, 0) is 11.2 Å². The lowest BCUT2D eigenvalue weighted by atomic mass is 10.1. The van der Waals surface area contributed by atoms with Gasteiger partial charge in [0.1, 0.15) is 0 Å². The Kier molecular flexibility index (Phi) is 10.7. The molecule has 0 spiro atoms. The summed E-state index contributed by atoms with van der Waals surface area (Å²) in [5, 5.41) is 6.87. The number of piperidine rings is 1. The summed E-state index contributed by atoms with van der Waals surface area (Å²) in [6.07, 6.45) is 2.93. The molecule has 0 unspecified atom stereocenters. The van der Waals surface area contributed by atoms with Gasteiger partial charge < -0.3 is 16.4 Å². The number of guanidine groups is 1. The number of nitrogens with two attached hydrogens (primary N) is 1. The fourth-order valence-corrected chi connectivity index (χ4v) is 3.48. The van der Waals surface area contributed by atoms with Crippen molar-refractivity contribution in [1.82, 2.24) is 15.5 Å². The van der Waals surface area contributed by atoms with Gasteiger partial charge in [0.15, 0.2) is 5.96 Å². The van der Waals surface area contributed by atoms with Crippen LogP contribution in [0.3, 0.4) is 0 Å². The maximum atomic E-state index is 11.0. The summed E-state index contributed by atoms with van der Waals surface area (Å²) in [5.41, 5.74) is 9.21. The molecule has 0 saturated carbocycles. The molecule has 0 bridgehead atoms. The second-order valence-corrected chi connectivity index (χ2v) is 7.17. The Morgan fingerprint density at radius 2 is 1.85 bits per heavy atom. The minimum atomic E-state index is -0.252. The van der Waals surface area contributed by atoms with Crippen molar-refractivity contribution < 1.29 is 4.79 Å². The average molecular weight is 487 g/mol. The molecule has 1 aliphatic rings. The van der Waals surface area contributed by atoms with Gasteiger partial charge in [0, 0.05) is 32.2 Å². The molecule has 1 aromatic carbocycles. The van der Waals surface area contributed by atoms with Crippen molar-refractivity contribution in [2.45, 2.75) is 46.1 Å². The van der Waals surface area contributed by atoms with Gasteiger partial charge in [-0.3, -0.25) is 14.7 Å². The molecule has 4 N–H and O–H groups in total. The van der Waals surface area contributed by atoms with Gasteiger partial charge in [0.2, 0.25) is 5.91 Å². The highest BCUT2D eigenvalue weighted by Gasteiger charge is 2.20. The van der Waals surface area contributed by atoms with E-state index in [2.05, 4.69) is 54.5 Å². The minimum Gasteiger partial charge on any atom is -0.369 e. The molecule has 0 atom stereocenters. The molecule has 1 fully saturated rings. The normalized spacial score (nSPS) is 15.9. The second kappa shape index (κ2) is 12.2. The van der Waals surface area contributed by atoms with Gasteiger partial charge in [0.05, 0.1) is 6.54 Å². The van der Waals surface area contributed by atoms with Crippen molar-refractivity contribution in [1.29, 1.82) is 0 Å². The number of aryl methyl sites for hydroxylation is 2. The number of hydrogen-bond donors (Lipinski definition) is 3. The lowest BCUT2D eigenvalue weighted by Gasteiger charge is -2.32. The van der Waals surface area contributed by atoms with Crippen LogP contribution in [0.15, 0.2) is 23.2 Å². The highest BCUT2D eigenvalue weighted by Crippen LogP contribution is 2.11. The van der Waals surface area contributed by atoms with Gasteiger partial charge in [-0.1, -0.05) is 29.3 Å². The van der Waals surface area contributed by atoms with Gasteiger partial charge in [-0.2, -0.15) is 0 Å². The average Bonchev–Trinajstić information content (AvgIpc) is 2.55. The van der Waals surface area contributed by atoms with Crippen LogP contribution in [0.5, 0.6) is 0 Å². The molecule has 0 radical (unpaired) electrons. The van der Waals surface area contributed by atoms with Crippen molar-refractivity contribution in [3.05, 3.63) is 34.9 Å². The molecule has 1 aromatic rings. The molecule has 0 aliphatic carbocycles. The second-order valence-electron chi connectivity index (χ2n) is 7.17. The smallest absolute Gasteiger partial charge is 0.231 e. The number of amides is 1. The van der Waals surface area contributed by atoms with Crippen LogP contribution >= 0.6 is 24.0 Å². The summed E-state index contributed by atoms with van der Waals surface area (Å²) >= 11 is 0. The van der Waals surface area contributed by atoms with Crippen LogP contribution in [0.25, 0.3) is 0 Å². The molecule has 27 heavy (non-hydrogen) atoms. The van der Waals surface area contributed by atoms with E-state index in [1.165, 1.54) is 16.7 Å². The van der Waals surface area contributed by atoms with Crippen molar-refractivity contribution >= 4 is 35.8 Å². The Labute approximate surface area is 180 Å². The van der Waals surface area contributed by atoms with E-state index in [1.54, 1.807) is 0 Å². The maximum Gasteiger partial charge on any atom is 0.231 e. The van der Waals surface area contributed by atoms with E-state index >= 15 is 0 Å². The standard InChI is InChI=1S/C20H33N5O.HI/c1-4-22-20(23-8-5-17-12-15(2)11-16(3)13-17)24-18-6-9-25(10-7-18)14-19(21)26;/h11-13,18H,4-10,14H2,1-3H3,(H2,21,26)(H2,22,23,24);1H. The number of likely N-dealkylation sites (tertiary alicyclic amines) is 1. The summed E-state index contributed by atoms with van der Waals surface area (Å²) in [6, 6.07) is 7.05. The molecule has 1 heterocycles. The highest BCUT2D eigenvalue weighted by molar-refractivity contribution is 14.0. The Bertz CT molecular complexity index is 607. The summed E-state index contributed by atoms with van der Waals surface area (Å²) in [7, 11) is 0. The number of nitrogens with one attached hydrogen (secondary N) is 2. The number of benzene rings is 1. The van der Waals surface area contributed by atoms with E-state index in [4.69, 9.17) is 10.7 Å². The van der Waals surface area contributed by atoms with E-state index in [0.717, 1.165) is 51.4 Å². The molecule has 152 valence electrons. The Morgan fingerprint density at radius 1 is 1.22 bits per heavy atom. The summed E-state index contributed by atoms with van der Waals surface area (Å²) in [5.74, 6) is 0.628. The van der Waals surface area contributed by atoms with E-state index in [-0.39, 0.29) is 29.9 Å². The highest BCUT2D eigenvalue weighted by atomic mass is 127. The first-order chi connectivity index (χ1) is 12.5. The summed E-state index contributed by atoms with van der Waals surface area (Å²) < 4.78 is 0. The van der Waals surface area contributed by atoms with Crippen molar-refractivity contribution in [3.63, 3.8) is 0 Å². The van der Waals surface area contributed by atoms with Crippen LogP contribution in [0.2, 0.25) is 0 Å². The van der Waals surface area contributed by atoms with Crippen molar-refractivity contribution in [2.75, 3.05) is 32.7 Å². The monoisotopic (exact) mass is 487 g/mol. The summed E-state index contributed by atoms with van der Waals surface area (Å²) in [6.45, 7) is 10.1. The molecule has 7 heteroatoms. The molecule has 6 nitrogen and oxygen atoms in total. The fraction of sp³-hybridized carbons (Fsp3) is 0.600. The quantitative estimate of drug-likeness (QED) is 0.312. The van der Waals surface area contributed by atoms with Gasteiger partial charge in [-0.15, -0.1) is 24.0 Å². The van der Waals surface area contributed by atoms with Gasteiger partial charge in [-0.25, -0.2) is 0 Å². The Hall–Kier alpha value is -1.35. The zero-order valence-electron chi connectivity index (χ0n) is 16.8. The molecule has 1 saturated heterocycles. The predicted octanol–water partition coefficient (Wildman–Crippen LogP) is 1.97. The number of hydrogen-bond acceptors (Lipinski definition) is 3. The Morgan fingerprint density at radius 3 is 2.41 bits per heavy atom. The fourth-order valence-electron chi connectivity index (χ4n) is 3.48. The molecular formula is C20H34IN5O. The van der Waals surface area contributed by atoms with Crippen LogP contribution in [0.4, 0.5) is 0 Å². The molecule has 1 aliphatic heterocycles. The maximum absolute atomic E-state index is 11.0. The molecule has 0 aromatic heterocycles. The summed E-state index contributed by atoms with van der Waals surface area (Å²) in [4.78, 5) is 17.9. The van der Waals surface area contributed by atoms with Crippen LogP contribution in [-0.4, -0.2) is 55.5 Å². The SMILES string of the molecule is CCNC(=NCCc1cc(C)cc(C)c1)NC1CCN(CC(N)=O)CC1.I. The van der Waals surface area contributed by atoms with Crippen molar-refractivity contribution in [2.24, 2.45) is 10.7 Å². The molecular weight excluding hydrogens is 453 g/mol. The molecule has 2 rings (SSSR count). The van der Waals surface area contributed by atoms with E-state index < -0.39 is 0 Å². The topological polar surface area (TPSA) is 82.8 Å². The molecule has 1 amide bonds. The Balaban J connectivity index is 0.00000364. The number of carbonyl (C=O) groups is 1. The lowest BCUT2D eigenvalue weighted by molar-refractivity contribution is -0.119. The predicted molar refractivity (Wildman–Crippen MR) is 123 cm³/mol. The van der Waals surface area contributed by atoms with Crippen molar-refractivity contribution in [3.8, 4) is 0 Å².